The maximum Gasteiger partial charge on any atom is 0.261 e. The molecule has 222 valence electrons. The van der Waals surface area contributed by atoms with Crippen molar-refractivity contribution in [1.29, 1.82) is 0 Å². The number of H-pyrrole nitrogens is 1. The lowest BCUT2D eigenvalue weighted by Gasteiger charge is -2.35. The molecule has 2 aliphatic rings. The Morgan fingerprint density at radius 2 is 1.60 bits per heavy atom. The summed E-state index contributed by atoms with van der Waals surface area (Å²) in [5.74, 6) is 1.03. The number of aromatic amines is 1. The van der Waals surface area contributed by atoms with Crippen molar-refractivity contribution < 1.29 is 13.5 Å². The van der Waals surface area contributed by atoms with Crippen LogP contribution in [0, 0.1) is 0 Å². The molecular weight excluding hydrogens is 560 g/mol. The van der Waals surface area contributed by atoms with E-state index in [4.69, 9.17) is 22.2 Å². The lowest BCUT2D eigenvalue weighted by molar-refractivity contribution is 0.264. The summed E-state index contributed by atoms with van der Waals surface area (Å²) in [7, 11) is -3.84. The first-order valence-electron chi connectivity index (χ1n) is 13.6. The summed E-state index contributed by atoms with van der Waals surface area (Å²) in [6.07, 6.45) is 2.98. The highest BCUT2D eigenvalue weighted by Crippen LogP contribution is 2.27. The number of piperidine rings is 1. The fourth-order valence-electron chi connectivity index (χ4n) is 5.45. The Kier molecular flexibility index (Phi) is 7.54. The molecular formula is C26H34N12O3S. The number of hydrogen-bond donors (Lipinski definition) is 7. The molecule has 2 aromatic heterocycles. The molecule has 2 fully saturated rings. The minimum atomic E-state index is -3.84. The van der Waals surface area contributed by atoms with Gasteiger partial charge < -0.3 is 37.4 Å². The predicted octanol–water partition coefficient (Wildman–Crippen LogP) is 0.0553. The van der Waals surface area contributed by atoms with Gasteiger partial charge in [0.2, 0.25) is 17.8 Å². The largest absolute Gasteiger partial charge is 0.394 e. The van der Waals surface area contributed by atoms with E-state index >= 15 is 0 Å². The summed E-state index contributed by atoms with van der Waals surface area (Å²) in [6, 6.07) is 10.8. The molecule has 4 heterocycles. The van der Waals surface area contributed by atoms with Crippen molar-refractivity contribution in [2.45, 2.75) is 41.9 Å². The number of nitrogens with two attached hydrogens (primary N) is 3. The highest BCUT2D eigenvalue weighted by molar-refractivity contribution is 7.92. The second kappa shape index (κ2) is 11.3. The molecule has 0 bridgehead atoms. The van der Waals surface area contributed by atoms with Crippen molar-refractivity contribution in [2.75, 3.05) is 46.1 Å². The van der Waals surface area contributed by atoms with Gasteiger partial charge in [0.05, 0.1) is 34.9 Å². The number of hydrogen-bond acceptors (Lipinski definition) is 13. The molecule has 10 N–H and O–H groups in total. The topological polar surface area (TPSA) is 230 Å². The maximum absolute atomic E-state index is 13.0. The lowest BCUT2D eigenvalue weighted by Crippen LogP contribution is -2.53. The van der Waals surface area contributed by atoms with Crippen LogP contribution in [0.1, 0.15) is 12.8 Å². The molecule has 4 aromatic rings. The van der Waals surface area contributed by atoms with Gasteiger partial charge in [-0.3, -0.25) is 9.82 Å². The fourth-order valence-corrected chi connectivity index (χ4v) is 6.50. The first-order chi connectivity index (χ1) is 20.2. The van der Waals surface area contributed by atoms with Crippen LogP contribution >= 0.6 is 0 Å². The Bertz CT molecular complexity index is 1650. The van der Waals surface area contributed by atoms with Gasteiger partial charge in [-0.1, -0.05) is 0 Å². The van der Waals surface area contributed by atoms with Crippen LogP contribution in [0.5, 0.6) is 0 Å². The van der Waals surface area contributed by atoms with Crippen LogP contribution in [0.3, 0.4) is 0 Å². The molecule has 42 heavy (non-hydrogen) atoms. The van der Waals surface area contributed by atoms with Crippen molar-refractivity contribution >= 4 is 50.1 Å². The zero-order chi connectivity index (χ0) is 29.4. The Balaban J connectivity index is 1.25. The van der Waals surface area contributed by atoms with Crippen molar-refractivity contribution in [1.82, 2.24) is 25.1 Å². The predicted molar refractivity (Wildman–Crippen MR) is 160 cm³/mol. The van der Waals surface area contributed by atoms with Crippen LogP contribution in [0.25, 0.3) is 10.9 Å². The average Bonchev–Trinajstić information content (AvgIpc) is 3.58. The third kappa shape index (κ3) is 5.93. The van der Waals surface area contributed by atoms with E-state index in [1.807, 2.05) is 9.80 Å². The van der Waals surface area contributed by atoms with E-state index in [0.717, 1.165) is 10.9 Å². The number of nitrogens with zero attached hydrogens (tertiary/aromatic N) is 6. The van der Waals surface area contributed by atoms with E-state index in [-0.39, 0.29) is 41.6 Å². The van der Waals surface area contributed by atoms with Gasteiger partial charge in [0, 0.05) is 48.8 Å². The summed E-state index contributed by atoms with van der Waals surface area (Å²) < 4.78 is 28.7. The third-order valence-electron chi connectivity index (χ3n) is 7.44. The number of aliphatic hydroxyl groups excluding tert-OH is 1. The molecule has 16 heteroatoms. The zero-order valence-electron chi connectivity index (χ0n) is 22.8. The quantitative estimate of drug-likeness (QED) is 0.143. The number of rotatable bonds is 8. The van der Waals surface area contributed by atoms with Crippen LogP contribution in [-0.2, 0) is 10.0 Å². The highest BCUT2D eigenvalue weighted by Gasteiger charge is 2.33. The summed E-state index contributed by atoms with van der Waals surface area (Å²) in [5.41, 5.74) is 20.3. The SMILES string of the molecule is N[C@@H]1C[C@H](N)CN(c2nc(Nc3ccc(S(=O)(=O)Nc4ccc5cn[nH]c5c4)cc3)nc(N3C[C@@H](N)C[C@H]3CO)n2)C1. The van der Waals surface area contributed by atoms with Gasteiger partial charge in [0.1, 0.15) is 0 Å². The van der Waals surface area contributed by atoms with Crippen LogP contribution in [0.15, 0.2) is 53.6 Å². The molecule has 2 saturated heterocycles. The van der Waals surface area contributed by atoms with Gasteiger partial charge >= 0.3 is 0 Å². The fraction of sp³-hybridized carbons (Fsp3) is 0.385. The Morgan fingerprint density at radius 1 is 0.905 bits per heavy atom. The van der Waals surface area contributed by atoms with Gasteiger partial charge in [-0.05, 0) is 55.3 Å². The van der Waals surface area contributed by atoms with Gasteiger partial charge in [0.15, 0.2) is 0 Å². The van der Waals surface area contributed by atoms with E-state index < -0.39 is 10.0 Å². The number of aliphatic hydroxyl groups is 1. The summed E-state index contributed by atoms with van der Waals surface area (Å²) >= 11 is 0. The Morgan fingerprint density at radius 3 is 2.33 bits per heavy atom. The smallest absolute Gasteiger partial charge is 0.261 e. The van der Waals surface area contributed by atoms with Gasteiger partial charge in [-0.25, -0.2) is 8.42 Å². The number of sulfonamides is 1. The molecule has 0 aliphatic carbocycles. The van der Waals surface area contributed by atoms with Crippen LogP contribution in [-0.4, -0.2) is 89.1 Å². The monoisotopic (exact) mass is 594 g/mol. The Hall–Kier alpha value is -4.09. The molecule has 0 saturated carbocycles. The second-order valence-corrected chi connectivity index (χ2v) is 12.5. The van der Waals surface area contributed by atoms with E-state index in [9.17, 15) is 13.5 Å². The molecule has 15 nitrogen and oxygen atoms in total. The normalized spacial score (nSPS) is 23.0. The first kappa shape index (κ1) is 28.0. The van der Waals surface area contributed by atoms with Crippen molar-refractivity contribution in [2.24, 2.45) is 17.2 Å². The first-order valence-corrected chi connectivity index (χ1v) is 15.1. The van der Waals surface area contributed by atoms with Crippen LogP contribution in [0.2, 0.25) is 0 Å². The number of fused-ring (bicyclic) bond motifs is 1. The van der Waals surface area contributed by atoms with Crippen LogP contribution in [0.4, 0.5) is 29.2 Å². The summed E-state index contributed by atoms with van der Waals surface area (Å²) in [5, 5.41) is 20.8. The number of aromatic nitrogens is 5. The molecule has 0 radical (unpaired) electrons. The number of anilines is 5. The lowest BCUT2D eigenvalue weighted by atomic mass is 10.0. The van der Waals surface area contributed by atoms with Gasteiger partial charge in [0.25, 0.3) is 10.0 Å². The summed E-state index contributed by atoms with van der Waals surface area (Å²) in [4.78, 5) is 17.9. The molecule has 0 amide bonds. The summed E-state index contributed by atoms with van der Waals surface area (Å²) in [6.45, 7) is 1.47. The molecule has 0 unspecified atom stereocenters. The molecule has 2 aromatic carbocycles. The van der Waals surface area contributed by atoms with Crippen molar-refractivity contribution in [3.8, 4) is 0 Å². The average molecular weight is 595 g/mol. The number of benzene rings is 2. The minimum absolute atomic E-state index is 0.0860. The van der Waals surface area contributed by atoms with E-state index in [2.05, 4.69) is 30.2 Å². The minimum Gasteiger partial charge on any atom is -0.394 e. The molecule has 0 spiro atoms. The van der Waals surface area contributed by atoms with Crippen molar-refractivity contribution in [3.63, 3.8) is 0 Å². The van der Waals surface area contributed by atoms with Gasteiger partial charge in [-0.15, -0.1) is 0 Å². The van der Waals surface area contributed by atoms with E-state index in [1.165, 1.54) is 12.1 Å². The second-order valence-electron chi connectivity index (χ2n) is 10.8. The third-order valence-corrected chi connectivity index (χ3v) is 8.84. The molecule has 6 rings (SSSR count). The van der Waals surface area contributed by atoms with Gasteiger partial charge in [-0.2, -0.15) is 20.1 Å². The number of nitrogens with one attached hydrogen (secondary N) is 3. The standard InChI is InChI=1S/C26H34N12O3S/c27-16-7-17(28)12-37(11-16)25-32-24(33-26(34-25)38-13-18(29)8-21(38)14-39)31-19-3-5-22(6-4-19)42(40,41)36-20-2-1-15-10-30-35-23(15)9-20/h1-6,9-10,16-18,21,36,39H,7-8,11-14,27-29H2,(H,30,35)(H,31,32,33,34)/t16-,17+,18-,21-/m0/s1. The molecule has 4 atom stereocenters. The highest BCUT2D eigenvalue weighted by atomic mass is 32.2. The molecule has 2 aliphatic heterocycles. The Labute approximate surface area is 242 Å². The zero-order valence-corrected chi connectivity index (χ0v) is 23.6. The van der Waals surface area contributed by atoms with E-state index in [0.29, 0.717) is 55.7 Å². The van der Waals surface area contributed by atoms with E-state index in [1.54, 1.807) is 36.5 Å². The maximum atomic E-state index is 13.0. The van der Waals surface area contributed by atoms with Crippen molar-refractivity contribution in [3.05, 3.63) is 48.7 Å². The van der Waals surface area contributed by atoms with Crippen LogP contribution < -0.4 is 37.0 Å².